The summed E-state index contributed by atoms with van der Waals surface area (Å²) in [5.41, 5.74) is 0.243. The van der Waals surface area contributed by atoms with Gasteiger partial charge in [-0.05, 0) is 12.1 Å². The van der Waals surface area contributed by atoms with Gasteiger partial charge in [0, 0.05) is 22.7 Å². The maximum absolute atomic E-state index is 12.2. The summed E-state index contributed by atoms with van der Waals surface area (Å²) in [6, 6.07) is 2.78. The lowest BCUT2D eigenvalue weighted by atomic mass is 10.1. The lowest BCUT2D eigenvalue weighted by molar-refractivity contribution is -0.131. The number of carbonyl (C=O) groups is 1. The molecule has 0 saturated carbocycles. The second-order valence-corrected chi connectivity index (χ2v) is 3.84. The van der Waals surface area contributed by atoms with Crippen LogP contribution in [0.1, 0.15) is 5.56 Å². The van der Waals surface area contributed by atoms with Gasteiger partial charge in [-0.1, -0.05) is 11.6 Å². The molecule has 1 rings (SSSR count). The predicted octanol–water partition coefficient (Wildman–Crippen LogP) is 3.09. The molecule has 1 N–H and O–H groups in total. The van der Waals surface area contributed by atoms with E-state index in [1.807, 2.05) is 0 Å². The topological polar surface area (TPSA) is 55.8 Å². The molecule has 0 aliphatic carbocycles. The molecule has 19 heavy (non-hydrogen) atoms. The van der Waals surface area contributed by atoms with E-state index in [1.54, 1.807) is 0 Å². The van der Waals surface area contributed by atoms with Crippen LogP contribution in [0.2, 0.25) is 5.02 Å². The minimum atomic E-state index is -2.66. The molecular weight excluding hydrogens is 282 g/mol. The fourth-order valence-corrected chi connectivity index (χ4v) is 1.54. The van der Waals surface area contributed by atoms with Crippen molar-refractivity contribution in [2.45, 2.75) is 6.43 Å². The molecule has 0 spiro atoms. The average Bonchev–Trinajstić information content (AvgIpc) is 2.33. The first-order valence-corrected chi connectivity index (χ1v) is 5.51. The monoisotopic (exact) mass is 292 g/mol. The Hall–Kier alpha value is -1.82. The van der Waals surface area contributed by atoms with Crippen LogP contribution in [0.4, 0.5) is 8.78 Å². The zero-order chi connectivity index (χ0) is 14.4. The molecule has 104 valence electrons. The minimum absolute atomic E-state index is 0.0182. The summed E-state index contributed by atoms with van der Waals surface area (Å²) in [6.07, 6.45) is -0.616. The molecular formula is C12H11ClF2O4. The van der Waals surface area contributed by atoms with Crippen LogP contribution in [0, 0.1) is 0 Å². The Morgan fingerprint density at radius 2 is 2.21 bits per heavy atom. The molecule has 0 aliphatic heterocycles. The van der Waals surface area contributed by atoms with Crippen LogP contribution in [0.15, 0.2) is 18.2 Å². The number of hydrogen-bond donors (Lipinski definition) is 1. The number of halogens is 3. The van der Waals surface area contributed by atoms with Gasteiger partial charge in [0.05, 0.1) is 7.11 Å². The number of benzene rings is 1. The van der Waals surface area contributed by atoms with Gasteiger partial charge in [-0.3, -0.25) is 0 Å². The van der Waals surface area contributed by atoms with E-state index in [9.17, 15) is 13.6 Å². The van der Waals surface area contributed by atoms with Crippen LogP contribution in [0.3, 0.4) is 0 Å². The van der Waals surface area contributed by atoms with E-state index in [2.05, 4.69) is 0 Å². The Morgan fingerprint density at radius 1 is 1.53 bits per heavy atom. The summed E-state index contributed by atoms with van der Waals surface area (Å²) < 4.78 is 34.3. The third-order valence-corrected chi connectivity index (χ3v) is 2.25. The Labute approximate surface area is 113 Å². The molecule has 0 amide bonds. The summed E-state index contributed by atoms with van der Waals surface area (Å²) in [5.74, 6) is -1.01. The van der Waals surface area contributed by atoms with Gasteiger partial charge >= 0.3 is 5.97 Å². The van der Waals surface area contributed by atoms with E-state index in [0.717, 1.165) is 6.08 Å². The highest BCUT2D eigenvalue weighted by atomic mass is 35.5. The zero-order valence-electron chi connectivity index (χ0n) is 9.90. The van der Waals surface area contributed by atoms with E-state index in [0.29, 0.717) is 0 Å². The fraction of sp³-hybridized carbons (Fsp3) is 0.250. The number of carboxylic acids is 1. The van der Waals surface area contributed by atoms with Gasteiger partial charge in [0.1, 0.15) is 6.61 Å². The van der Waals surface area contributed by atoms with Gasteiger partial charge in [0.25, 0.3) is 6.43 Å². The summed E-state index contributed by atoms with van der Waals surface area (Å²) in [7, 11) is 1.32. The molecule has 0 aromatic heterocycles. The maximum Gasteiger partial charge on any atom is 0.328 e. The SMILES string of the molecule is COc1cc(Cl)cc(/C=C/C(=O)O)c1OCC(F)F. The number of aliphatic carboxylic acids is 1. The summed E-state index contributed by atoms with van der Waals surface area (Å²) >= 11 is 5.81. The molecule has 1 aromatic carbocycles. The third kappa shape index (κ3) is 4.75. The smallest absolute Gasteiger partial charge is 0.328 e. The molecule has 0 fully saturated rings. The molecule has 0 aliphatic rings. The van der Waals surface area contributed by atoms with E-state index >= 15 is 0 Å². The van der Waals surface area contributed by atoms with Crippen molar-refractivity contribution in [3.05, 3.63) is 28.8 Å². The maximum atomic E-state index is 12.2. The highest BCUT2D eigenvalue weighted by molar-refractivity contribution is 6.31. The fourth-order valence-electron chi connectivity index (χ4n) is 1.33. The largest absolute Gasteiger partial charge is 0.493 e. The minimum Gasteiger partial charge on any atom is -0.493 e. The van der Waals surface area contributed by atoms with Crippen molar-refractivity contribution in [2.75, 3.05) is 13.7 Å². The molecule has 0 bridgehead atoms. The number of carboxylic acid groups (broad SMARTS) is 1. The Bertz CT molecular complexity index is 489. The quantitative estimate of drug-likeness (QED) is 0.819. The first-order chi connectivity index (χ1) is 8.93. The van der Waals surface area contributed by atoms with Gasteiger partial charge in [-0.25, -0.2) is 13.6 Å². The molecule has 0 unspecified atom stereocenters. The van der Waals surface area contributed by atoms with Crippen molar-refractivity contribution < 1.29 is 28.2 Å². The molecule has 4 nitrogen and oxygen atoms in total. The normalized spacial score (nSPS) is 11.0. The van der Waals surface area contributed by atoms with Crippen molar-refractivity contribution in [3.63, 3.8) is 0 Å². The molecule has 7 heteroatoms. The highest BCUT2D eigenvalue weighted by Gasteiger charge is 2.14. The van der Waals surface area contributed by atoms with Gasteiger partial charge in [0.15, 0.2) is 11.5 Å². The summed E-state index contributed by atoms with van der Waals surface area (Å²) in [6.45, 7) is -0.827. The first kappa shape index (κ1) is 15.2. The summed E-state index contributed by atoms with van der Waals surface area (Å²) in [5, 5.41) is 8.84. The van der Waals surface area contributed by atoms with E-state index < -0.39 is 19.0 Å². The third-order valence-electron chi connectivity index (χ3n) is 2.03. The van der Waals surface area contributed by atoms with Crippen LogP contribution < -0.4 is 9.47 Å². The van der Waals surface area contributed by atoms with E-state index in [-0.39, 0.29) is 22.1 Å². The van der Waals surface area contributed by atoms with Crippen molar-refractivity contribution in [1.82, 2.24) is 0 Å². The number of alkyl halides is 2. The van der Waals surface area contributed by atoms with Gasteiger partial charge in [-0.2, -0.15) is 0 Å². The highest BCUT2D eigenvalue weighted by Crippen LogP contribution is 2.35. The summed E-state index contributed by atoms with van der Waals surface area (Å²) in [4.78, 5) is 10.5. The van der Waals surface area contributed by atoms with Crippen molar-refractivity contribution in [2.24, 2.45) is 0 Å². The van der Waals surface area contributed by atoms with Crippen molar-refractivity contribution in [3.8, 4) is 11.5 Å². The number of rotatable bonds is 6. The average molecular weight is 293 g/mol. The van der Waals surface area contributed by atoms with E-state index in [1.165, 1.54) is 25.3 Å². The number of hydrogen-bond acceptors (Lipinski definition) is 3. The number of ether oxygens (including phenoxy) is 2. The van der Waals surface area contributed by atoms with Gasteiger partial charge < -0.3 is 14.6 Å². The molecule has 0 saturated heterocycles. The second kappa shape index (κ2) is 6.94. The van der Waals surface area contributed by atoms with Gasteiger partial charge in [0.2, 0.25) is 0 Å². The van der Waals surface area contributed by atoms with Crippen LogP contribution in [0.5, 0.6) is 11.5 Å². The van der Waals surface area contributed by atoms with Gasteiger partial charge in [-0.15, -0.1) is 0 Å². The lowest BCUT2D eigenvalue weighted by Crippen LogP contribution is -2.08. The Morgan fingerprint density at radius 3 is 2.74 bits per heavy atom. The standard InChI is InChI=1S/C12H11ClF2O4/c1-18-9-5-8(13)4-7(2-3-11(16)17)12(9)19-6-10(14)15/h2-5,10H,6H2,1H3,(H,16,17)/b3-2+. The van der Waals surface area contributed by atoms with Crippen LogP contribution >= 0.6 is 11.6 Å². The first-order valence-electron chi connectivity index (χ1n) is 5.13. The van der Waals surface area contributed by atoms with Crippen LogP contribution in [-0.2, 0) is 4.79 Å². The van der Waals surface area contributed by atoms with Crippen molar-refractivity contribution >= 4 is 23.6 Å². The Kier molecular flexibility index (Phi) is 5.57. The molecule has 0 atom stereocenters. The molecule has 0 heterocycles. The van der Waals surface area contributed by atoms with E-state index in [4.69, 9.17) is 26.2 Å². The molecule has 0 radical (unpaired) electrons. The Balaban J connectivity index is 3.16. The van der Waals surface area contributed by atoms with Crippen molar-refractivity contribution in [1.29, 1.82) is 0 Å². The van der Waals surface area contributed by atoms with Crippen LogP contribution in [-0.4, -0.2) is 31.2 Å². The predicted molar refractivity (Wildman–Crippen MR) is 66.2 cm³/mol. The lowest BCUT2D eigenvalue weighted by Gasteiger charge is -2.13. The number of methoxy groups -OCH3 is 1. The second-order valence-electron chi connectivity index (χ2n) is 3.40. The zero-order valence-corrected chi connectivity index (χ0v) is 10.7. The van der Waals surface area contributed by atoms with Crippen LogP contribution in [0.25, 0.3) is 6.08 Å². The molecule has 1 aromatic rings.